The normalized spacial score (nSPS) is 22.6. The summed E-state index contributed by atoms with van der Waals surface area (Å²) in [6, 6.07) is 11.4. The van der Waals surface area contributed by atoms with E-state index in [1.807, 2.05) is 0 Å². The summed E-state index contributed by atoms with van der Waals surface area (Å²) in [4.78, 5) is 14.2. The molecule has 120 valence electrons. The number of carbonyl (C=O) groups excluding carboxylic acids is 1. The Labute approximate surface area is 133 Å². The van der Waals surface area contributed by atoms with Crippen LogP contribution in [0.1, 0.15) is 37.7 Å². The summed E-state index contributed by atoms with van der Waals surface area (Å²) in [5.41, 5.74) is 1.42. The van der Waals surface area contributed by atoms with Crippen molar-refractivity contribution in [1.29, 1.82) is 0 Å². The second kappa shape index (κ2) is 7.89. The Morgan fingerprint density at radius 3 is 2.45 bits per heavy atom. The van der Waals surface area contributed by atoms with Gasteiger partial charge >= 0.3 is 0 Å². The molecule has 3 rings (SSSR count). The van der Waals surface area contributed by atoms with Crippen molar-refractivity contribution >= 4 is 5.78 Å². The molecule has 2 fully saturated rings. The topological polar surface area (TPSA) is 29.5 Å². The highest BCUT2D eigenvalue weighted by molar-refractivity contribution is 5.79. The Kier molecular flexibility index (Phi) is 5.63. The molecule has 1 unspecified atom stereocenters. The van der Waals surface area contributed by atoms with E-state index in [0.29, 0.717) is 17.7 Å². The summed E-state index contributed by atoms with van der Waals surface area (Å²) in [7, 11) is 0. The van der Waals surface area contributed by atoms with Crippen LogP contribution in [0.25, 0.3) is 0 Å². The summed E-state index contributed by atoms with van der Waals surface area (Å²) < 4.78 is 5.52. The Balaban J connectivity index is 1.63. The van der Waals surface area contributed by atoms with Crippen LogP contribution in [0.15, 0.2) is 30.3 Å². The van der Waals surface area contributed by atoms with Gasteiger partial charge in [0.1, 0.15) is 5.78 Å². The molecular formula is C19H27NO2. The van der Waals surface area contributed by atoms with Gasteiger partial charge in [-0.1, -0.05) is 30.3 Å². The van der Waals surface area contributed by atoms with E-state index in [-0.39, 0.29) is 0 Å². The van der Waals surface area contributed by atoms with Crippen molar-refractivity contribution in [1.82, 2.24) is 4.90 Å². The fraction of sp³-hybridized carbons (Fsp3) is 0.632. The predicted octanol–water partition coefficient (Wildman–Crippen LogP) is 3.08. The van der Waals surface area contributed by atoms with Crippen LogP contribution in [0.5, 0.6) is 0 Å². The van der Waals surface area contributed by atoms with Crippen molar-refractivity contribution in [3.8, 4) is 0 Å². The van der Waals surface area contributed by atoms with Crippen molar-refractivity contribution in [3.63, 3.8) is 0 Å². The minimum atomic E-state index is 0.458. The van der Waals surface area contributed by atoms with Gasteiger partial charge in [0.15, 0.2) is 0 Å². The predicted molar refractivity (Wildman–Crippen MR) is 87.9 cm³/mol. The molecule has 0 aromatic heterocycles. The molecule has 1 aliphatic heterocycles. The first-order valence-electron chi connectivity index (χ1n) is 8.70. The number of rotatable bonds is 5. The molecule has 0 spiro atoms. The lowest BCUT2D eigenvalue weighted by Crippen LogP contribution is -2.48. The number of benzene rings is 1. The molecule has 22 heavy (non-hydrogen) atoms. The maximum absolute atomic E-state index is 11.6. The minimum absolute atomic E-state index is 0.458. The van der Waals surface area contributed by atoms with E-state index in [2.05, 4.69) is 35.2 Å². The molecule has 0 amide bonds. The van der Waals surface area contributed by atoms with E-state index in [0.717, 1.165) is 58.4 Å². The third-order valence-electron chi connectivity index (χ3n) is 5.22. The lowest BCUT2D eigenvalue weighted by Gasteiger charge is -2.40. The van der Waals surface area contributed by atoms with E-state index in [1.165, 1.54) is 12.0 Å². The van der Waals surface area contributed by atoms with Crippen molar-refractivity contribution in [2.75, 3.05) is 26.3 Å². The molecule has 3 heteroatoms. The zero-order valence-corrected chi connectivity index (χ0v) is 13.4. The number of ketones is 1. The first-order chi connectivity index (χ1) is 10.8. The third-order valence-corrected chi connectivity index (χ3v) is 5.22. The van der Waals surface area contributed by atoms with Crippen LogP contribution < -0.4 is 0 Å². The summed E-state index contributed by atoms with van der Waals surface area (Å²) >= 11 is 0. The van der Waals surface area contributed by atoms with E-state index >= 15 is 0 Å². The molecule has 1 aliphatic carbocycles. The van der Waals surface area contributed by atoms with Gasteiger partial charge in [0, 0.05) is 32.0 Å². The number of aryl methyl sites for hydroxylation is 1. The van der Waals surface area contributed by atoms with Gasteiger partial charge in [-0.25, -0.2) is 0 Å². The molecule has 1 atom stereocenters. The quantitative estimate of drug-likeness (QED) is 0.837. The van der Waals surface area contributed by atoms with Crippen LogP contribution in [-0.2, 0) is 16.0 Å². The van der Waals surface area contributed by atoms with Gasteiger partial charge in [-0.05, 0) is 37.2 Å². The van der Waals surface area contributed by atoms with Crippen LogP contribution >= 0.6 is 0 Å². The summed E-state index contributed by atoms with van der Waals surface area (Å²) in [5.74, 6) is 1.14. The van der Waals surface area contributed by atoms with Crippen LogP contribution in [-0.4, -0.2) is 43.0 Å². The average Bonchev–Trinajstić information content (AvgIpc) is 2.58. The average molecular weight is 301 g/mol. The fourth-order valence-electron chi connectivity index (χ4n) is 3.93. The second-order valence-corrected chi connectivity index (χ2v) is 6.62. The molecule has 1 aromatic rings. The molecule has 3 nitrogen and oxygen atoms in total. The maximum atomic E-state index is 11.6. The molecule has 1 saturated carbocycles. The van der Waals surface area contributed by atoms with Gasteiger partial charge in [0.25, 0.3) is 0 Å². The molecular weight excluding hydrogens is 274 g/mol. The largest absolute Gasteiger partial charge is 0.379 e. The molecule has 0 N–H and O–H groups in total. The first kappa shape index (κ1) is 15.7. The lowest BCUT2D eigenvalue weighted by atomic mass is 9.80. The Morgan fingerprint density at radius 2 is 1.77 bits per heavy atom. The number of hydrogen-bond donors (Lipinski definition) is 0. The van der Waals surface area contributed by atoms with Crippen LogP contribution in [0.3, 0.4) is 0 Å². The summed E-state index contributed by atoms with van der Waals surface area (Å²) in [6.45, 7) is 3.80. The Morgan fingerprint density at radius 1 is 1.09 bits per heavy atom. The van der Waals surface area contributed by atoms with Gasteiger partial charge in [-0.2, -0.15) is 0 Å². The fourth-order valence-corrected chi connectivity index (χ4v) is 3.93. The minimum Gasteiger partial charge on any atom is -0.379 e. The smallest absolute Gasteiger partial charge is 0.132 e. The molecule has 1 heterocycles. The first-order valence-corrected chi connectivity index (χ1v) is 8.70. The highest BCUT2D eigenvalue weighted by Crippen LogP contribution is 2.30. The molecule has 2 aliphatic rings. The number of hydrogen-bond acceptors (Lipinski definition) is 3. The molecule has 1 aromatic carbocycles. The van der Waals surface area contributed by atoms with Gasteiger partial charge in [0.05, 0.1) is 13.2 Å². The molecule has 0 bridgehead atoms. The van der Waals surface area contributed by atoms with Crippen LogP contribution in [0.4, 0.5) is 0 Å². The van der Waals surface area contributed by atoms with Crippen molar-refractivity contribution in [2.45, 2.75) is 44.6 Å². The van der Waals surface area contributed by atoms with Gasteiger partial charge in [0.2, 0.25) is 0 Å². The van der Waals surface area contributed by atoms with Gasteiger partial charge in [-0.15, -0.1) is 0 Å². The zero-order chi connectivity index (χ0) is 15.2. The van der Waals surface area contributed by atoms with Gasteiger partial charge in [-0.3, -0.25) is 9.69 Å². The lowest BCUT2D eigenvalue weighted by molar-refractivity contribution is -0.121. The van der Waals surface area contributed by atoms with E-state index in [9.17, 15) is 4.79 Å². The zero-order valence-electron chi connectivity index (χ0n) is 13.4. The Hall–Kier alpha value is -1.19. The molecule has 1 saturated heterocycles. The maximum Gasteiger partial charge on any atom is 0.132 e. The van der Waals surface area contributed by atoms with Crippen molar-refractivity contribution < 1.29 is 9.53 Å². The SMILES string of the molecule is O=C1CCC(C(CCc2ccccc2)N2CCOCC2)CC1. The monoisotopic (exact) mass is 301 g/mol. The summed E-state index contributed by atoms with van der Waals surface area (Å²) in [6.07, 6.45) is 6.06. The standard InChI is InChI=1S/C19H27NO2/c21-18-9-7-17(8-10-18)19(20-12-14-22-15-13-20)11-6-16-4-2-1-3-5-16/h1-5,17,19H,6-15H2. The van der Waals surface area contributed by atoms with E-state index in [1.54, 1.807) is 0 Å². The van der Waals surface area contributed by atoms with E-state index < -0.39 is 0 Å². The highest BCUT2D eigenvalue weighted by Gasteiger charge is 2.31. The van der Waals surface area contributed by atoms with Crippen LogP contribution in [0, 0.1) is 5.92 Å². The van der Waals surface area contributed by atoms with E-state index in [4.69, 9.17) is 4.74 Å². The summed E-state index contributed by atoms with van der Waals surface area (Å²) in [5, 5.41) is 0. The number of ether oxygens (including phenoxy) is 1. The highest BCUT2D eigenvalue weighted by atomic mass is 16.5. The number of Topliss-reactive ketones (excluding diaryl/α,β-unsaturated/α-hetero) is 1. The number of morpholine rings is 1. The van der Waals surface area contributed by atoms with Crippen LogP contribution in [0.2, 0.25) is 0 Å². The second-order valence-electron chi connectivity index (χ2n) is 6.62. The number of nitrogens with zero attached hydrogens (tertiary/aromatic N) is 1. The van der Waals surface area contributed by atoms with Crippen molar-refractivity contribution in [2.24, 2.45) is 5.92 Å². The number of carbonyl (C=O) groups is 1. The third kappa shape index (κ3) is 4.17. The molecule has 0 radical (unpaired) electrons. The van der Waals surface area contributed by atoms with Gasteiger partial charge < -0.3 is 4.74 Å². The Bertz CT molecular complexity index is 458. The van der Waals surface area contributed by atoms with Crippen molar-refractivity contribution in [3.05, 3.63) is 35.9 Å².